The summed E-state index contributed by atoms with van der Waals surface area (Å²) in [6.45, 7) is 3.11. The van der Waals surface area contributed by atoms with Gasteiger partial charge in [0, 0.05) is 34.1 Å². The third-order valence-electron chi connectivity index (χ3n) is 6.72. The first kappa shape index (κ1) is 33.5. The Balaban J connectivity index is 2.13. The monoisotopic (exact) mass is 653 g/mol. The molecule has 1 N–H and O–H groups in total. The quantitative estimate of drug-likeness (QED) is 0.245. The first-order valence-corrected chi connectivity index (χ1v) is 16.2. The molecule has 0 bridgehead atoms. The first-order chi connectivity index (χ1) is 19.8. The lowest BCUT2D eigenvalue weighted by Crippen LogP contribution is -2.54. The van der Waals surface area contributed by atoms with Crippen molar-refractivity contribution in [2.24, 2.45) is 0 Å². The van der Waals surface area contributed by atoms with E-state index in [1.807, 2.05) is 44.2 Å². The molecule has 2 amide bonds. The second kappa shape index (κ2) is 15.0. The van der Waals surface area contributed by atoms with Gasteiger partial charge < -0.3 is 15.0 Å². The second-order valence-electron chi connectivity index (χ2n) is 9.87. The van der Waals surface area contributed by atoms with Crippen molar-refractivity contribution in [3.05, 3.63) is 92.9 Å². The van der Waals surface area contributed by atoms with E-state index in [1.165, 1.54) is 24.1 Å². The molecule has 0 unspecified atom stereocenters. The summed E-state index contributed by atoms with van der Waals surface area (Å²) < 4.78 is 32.4. The van der Waals surface area contributed by atoms with E-state index >= 15 is 0 Å². The van der Waals surface area contributed by atoms with Gasteiger partial charge in [0.05, 0.1) is 19.1 Å². The average molecular weight is 655 g/mol. The maximum atomic E-state index is 14.2. The zero-order valence-corrected chi connectivity index (χ0v) is 26.9. The zero-order chi connectivity index (χ0) is 31.0. The molecule has 0 spiro atoms. The van der Waals surface area contributed by atoms with E-state index in [-0.39, 0.29) is 41.4 Å². The van der Waals surface area contributed by atoms with Crippen molar-refractivity contribution in [3.63, 3.8) is 0 Å². The fourth-order valence-corrected chi connectivity index (χ4v) is 5.76. The van der Waals surface area contributed by atoms with Crippen molar-refractivity contribution in [1.29, 1.82) is 0 Å². The number of ether oxygens (including phenoxy) is 1. The van der Waals surface area contributed by atoms with Crippen LogP contribution in [-0.2, 0) is 32.6 Å². The number of benzene rings is 3. The summed E-state index contributed by atoms with van der Waals surface area (Å²) in [6.07, 6.45) is 1.84. The van der Waals surface area contributed by atoms with Crippen LogP contribution in [0.25, 0.3) is 0 Å². The Morgan fingerprint density at radius 1 is 0.976 bits per heavy atom. The van der Waals surface area contributed by atoms with Crippen molar-refractivity contribution in [1.82, 2.24) is 10.2 Å². The van der Waals surface area contributed by atoms with Crippen LogP contribution in [0, 0.1) is 0 Å². The van der Waals surface area contributed by atoms with Gasteiger partial charge in [-0.2, -0.15) is 0 Å². The van der Waals surface area contributed by atoms with Crippen LogP contribution in [0.15, 0.2) is 66.7 Å². The summed E-state index contributed by atoms with van der Waals surface area (Å²) in [5, 5.41) is 3.95. The number of nitrogens with zero attached hydrogens (tertiary/aromatic N) is 2. The molecule has 0 heterocycles. The first-order valence-electron chi connectivity index (χ1n) is 13.2. The van der Waals surface area contributed by atoms with E-state index in [0.717, 1.165) is 16.1 Å². The topological polar surface area (TPSA) is 96.0 Å². The third kappa shape index (κ3) is 9.01. The van der Waals surface area contributed by atoms with Gasteiger partial charge in [-0.1, -0.05) is 78.1 Å². The third-order valence-corrected chi connectivity index (χ3v) is 8.67. The predicted molar refractivity (Wildman–Crippen MR) is 169 cm³/mol. The number of carbonyl (C=O) groups excluding carboxylic acids is 2. The van der Waals surface area contributed by atoms with Crippen molar-refractivity contribution in [2.75, 3.05) is 24.2 Å². The summed E-state index contributed by atoms with van der Waals surface area (Å²) in [5.41, 5.74) is 1.45. The molecule has 2 atom stereocenters. The summed E-state index contributed by atoms with van der Waals surface area (Å²) in [7, 11) is -2.62. The van der Waals surface area contributed by atoms with Crippen LogP contribution in [-0.4, -0.2) is 57.1 Å². The van der Waals surface area contributed by atoms with Crippen LogP contribution in [0.1, 0.15) is 31.4 Å². The zero-order valence-electron chi connectivity index (χ0n) is 23.8. The number of nitrogens with one attached hydrogen (secondary N) is 1. The van der Waals surface area contributed by atoms with Crippen molar-refractivity contribution >= 4 is 62.3 Å². The number of methoxy groups -OCH3 is 1. The highest BCUT2D eigenvalue weighted by atomic mass is 35.5. The molecule has 0 aromatic heterocycles. The van der Waals surface area contributed by atoms with Gasteiger partial charge >= 0.3 is 0 Å². The molecule has 0 aliphatic heterocycles. The lowest BCUT2D eigenvalue weighted by Gasteiger charge is -2.34. The molecule has 12 heteroatoms. The van der Waals surface area contributed by atoms with Gasteiger partial charge in [-0.05, 0) is 54.8 Å². The van der Waals surface area contributed by atoms with Gasteiger partial charge in [0.15, 0.2) is 0 Å². The minimum Gasteiger partial charge on any atom is -0.495 e. The molecular weight excluding hydrogens is 621 g/mol. The molecule has 3 aromatic rings. The van der Waals surface area contributed by atoms with Crippen LogP contribution in [0.3, 0.4) is 0 Å². The molecule has 0 fully saturated rings. The maximum absolute atomic E-state index is 14.2. The van der Waals surface area contributed by atoms with E-state index < -0.39 is 28.5 Å². The fourth-order valence-electron chi connectivity index (χ4n) is 4.28. The average Bonchev–Trinajstić information content (AvgIpc) is 2.94. The maximum Gasteiger partial charge on any atom is 0.244 e. The molecular formula is C30H34Cl3N3O5S. The molecule has 0 saturated heterocycles. The van der Waals surface area contributed by atoms with Gasteiger partial charge in [-0.15, -0.1) is 0 Å². The molecule has 8 nitrogen and oxygen atoms in total. The number of anilines is 1. The Morgan fingerprint density at radius 2 is 1.62 bits per heavy atom. The SMILES string of the molecule is CC[C@@H](C)NC(=O)[C@@H](Cc1ccccc1)N(Cc1ccc(Cl)cc1Cl)C(=O)CN(c1cc(Cl)ccc1OC)S(C)(=O)=O. The molecule has 42 heavy (non-hydrogen) atoms. The predicted octanol–water partition coefficient (Wildman–Crippen LogP) is 5.98. The van der Waals surface area contributed by atoms with Crippen LogP contribution < -0.4 is 14.4 Å². The van der Waals surface area contributed by atoms with Gasteiger partial charge in [0.1, 0.15) is 18.3 Å². The fraction of sp³-hybridized carbons (Fsp3) is 0.333. The van der Waals surface area contributed by atoms with E-state index in [0.29, 0.717) is 22.0 Å². The van der Waals surface area contributed by atoms with Crippen LogP contribution in [0.4, 0.5) is 5.69 Å². The summed E-state index contributed by atoms with van der Waals surface area (Å²) in [6, 6.07) is 17.5. The highest BCUT2D eigenvalue weighted by Crippen LogP contribution is 2.33. The lowest BCUT2D eigenvalue weighted by atomic mass is 10.0. The number of carbonyl (C=O) groups is 2. The minimum atomic E-state index is -4.01. The van der Waals surface area contributed by atoms with E-state index in [4.69, 9.17) is 39.5 Å². The summed E-state index contributed by atoms with van der Waals surface area (Å²) >= 11 is 18.8. The molecule has 3 aromatic carbocycles. The van der Waals surface area contributed by atoms with E-state index in [2.05, 4.69) is 5.32 Å². The van der Waals surface area contributed by atoms with Crippen LogP contribution >= 0.6 is 34.8 Å². The summed E-state index contributed by atoms with van der Waals surface area (Å²) in [4.78, 5) is 29.3. The Morgan fingerprint density at radius 3 is 2.21 bits per heavy atom. The number of amides is 2. The molecule has 0 radical (unpaired) electrons. The Labute approximate surface area is 262 Å². The van der Waals surface area contributed by atoms with Gasteiger partial charge in [-0.3, -0.25) is 13.9 Å². The summed E-state index contributed by atoms with van der Waals surface area (Å²) in [5.74, 6) is -0.799. The highest BCUT2D eigenvalue weighted by molar-refractivity contribution is 7.92. The molecule has 0 aliphatic carbocycles. The largest absolute Gasteiger partial charge is 0.495 e. The Hall–Kier alpha value is -2.98. The molecule has 3 rings (SSSR count). The molecule has 0 aliphatic rings. The van der Waals surface area contributed by atoms with Crippen molar-refractivity contribution in [2.45, 2.75) is 45.3 Å². The minimum absolute atomic E-state index is 0.0788. The smallest absolute Gasteiger partial charge is 0.244 e. The number of halogens is 3. The second-order valence-corrected chi connectivity index (χ2v) is 13.1. The van der Waals surface area contributed by atoms with E-state index in [9.17, 15) is 18.0 Å². The van der Waals surface area contributed by atoms with Gasteiger partial charge in [0.2, 0.25) is 21.8 Å². The lowest BCUT2D eigenvalue weighted by molar-refractivity contribution is -0.140. The van der Waals surface area contributed by atoms with Gasteiger partial charge in [-0.25, -0.2) is 8.42 Å². The molecule has 0 saturated carbocycles. The molecule has 226 valence electrons. The van der Waals surface area contributed by atoms with Crippen LogP contribution in [0.5, 0.6) is 5.75 Å². The van der Waals surface area contributed by atoms with Gasteiger partial charge in [0.25, 0.3) is 0 Å². The van der Waals surface area contributed by atoms with Crippen LogP contribution in [0.2, 0.25) is 15.1 Å². The Kier molecular flexibility index (Phi) is 11.9. The highest BCUT2D eigenvalue weighted by Gasteiger charge is 2.34. The Bertz CT molecular complexity index is 1510. The van der Waals surface area contributed by atoms with E-state index in [1.54, 1.807) is 24.3 Å². The van der Waals surface area contributed by atoms with Crippen molar-refractivity contribution < 1.29 is 22.7 Å². The number of rotatable bonds is 13. The van der Waals surface area contributed by atoms with Crippen molar-refractivity contribution in [3.8, 4) is 5.75 Å². The standard InChI is InChI=1S/C30H34Cl3N3O5S/c1-5-20(2)34-30(38)27(15-21-9-7-6-8-10-21)35(18-22-11-12-23(31)16-25(22)33)29(37)19-36(42(4,39)40)26-17-24(32)13-14-28(26)41-3/h6-14,16-17,20,27H,5,15,18-19H2,1-4H3,(H,34,38)/t20-,27-/m1/s1. The number of hydrogen-bond donors (Lipinski definition) is 1. The number of hydrogen-bond acceptors (Lipinski definition) is 5. The number of sulfonamides is 1. The normalized spacial score (nSPS) is 12.7.